The average molecular weight is 408 g/mol. The van der Waals surface area contributed by atoms with Gasteiger partial charge in [-0.3, -0.25) is 4.79 Å². The summed E-state index contributed by atoms with van der Waals surface area (Å²) < 4.78 is 0. The summed E-state index contributed by atoms with van der Waals surface area (Å²) in [6.07, 6.45) is 5.11. The molecule has 2 aromatic carbocycles. The molecular formula is C24H29N3OS. The molecule has 0 aromatic heterocycles. The number of hydrogen-bond donors (Lipinski definition) is 1. The minimum atomic E-state index is 0.0516. The maximum absolute atomic E-state index is 12.7. The van der Waals surface area contributed by atoms with Crippen molar-refractivity contribution in [1.82, 2.24) is 10.2 Å². The Labute approximate surface area is 177 Å². The largest absolute Gasteiger partial charge is 0.352 e. The topological polar surface area (TPSA) is 35.6 Å². The third-order valence-electron chi connectivity index (χ3n) is 6.24. The molecule has 1 N–H and O–H groups in total. The first-order chi connectivity index (χ1) is 14.2. The first-order valence-corrected chi connectivity index (χ1v) is 11.7. The van der Waals surface area contributed by atoms with Crippen molar-refractivity contribution in [3.63, 3.8) is 0 Å². The second kappa shape index (κ2) is 8.04. The Morgan fingerprint density at radius 2 is 1.86 bits per heavy atom. The van der Waals surface area contributed by atoms with E-state index < -0.39 is 0 Å². The zero-order valence-electron chi connectivity index (χ0n) is 17.1. The molecular weight excluding hydrogens is 378 g/mol. The maximum atomic E-state index is 12.7. The number of anilines is 2. The number of amides is 1. The molecule has 0 bridgehead atoms. The number of benzene rings is 2. The molecule has 0 radical (unpaired) electrons. The third-order valence-corrected chi connectivity index (χ3v) is 7.37. The number of nitrogens with zero attached hydrogens (tertiary/aromatic N) is 2. The van der Waals surface area contributed by atoms with E-state index in [-0.39, 0.29) is 5.91 Å². The molecule has 152 valence electrons. The van der Waals surface area contributed by atoms with Gasteiger partial charge in [0.1, 0.15) is 0 Å². The standard InChI is InChI=1S/C24H29N3OS/c1-17(16-26-12-4-5-13-26)27-20-6-2-3-7-22(20)29-23-11-10-19(14-21(23)27)24(28)25-15-18-8-9-18/h2-3,6-7,10-11,14,17-18H,4-5,8-9,12-13,15-16H2,1H3,(H,25,28). The van der Waals surface area contributed by atoms with Gasteiger partial charge in [0, 0.05) is 34.5 Å². The lowest BCUT2D eigenvalue weighted by Gasteiger charge is -2.39. The van der Waals surface area contributed by atoms with E-state index >= 15 is 0 Å². The van der Waals surface area contributed by atoms with Crippen LogP contribution in [0.5, 0.6) is 0 Å². The summed E-state index contributed by atoms with van der Waals surface area (Å²) in [6, 6.07) is 15.2. The van der Waals surface area contributed by atoms with Gasteiger partial charge in [0.2, 0.25) is 0 Å². The Kier molecular flexibility index (Phi) is 5.27. The lowest BCUT2D eigenvalue weighted by Crippen LogP contribution is -2.40. The van der Waals surface area contributed by atoms with Crippen molar-refractivity contribution in [1.29, 1.82) is 0 Å². The van der Waals surface area contributed by atoms with E-state index in [9.17, 15) is 4.79 Å². The second-order valence-electron chi connectivity index (χ2n) is 8.63. The van der Waals surface area contributed by atoms with Crippen molar-refractivity contribution in [3.8, 4) is 0 Å². The van der Waals surface area contributed by atoms with Crippen LogP contribution in [0, 0.1) is 5.92 Å². The van der Waals surface area contributed by atoms with Gasteiger partial charge in [-0.2, -0.15) is 0 Å². The molecule has 1 atom stereocenters. The fourth-order valence-electron chi connectivity index (χ4n) is 4.48. The Bertz CT molecular complexity index is 905. The van der Waals surface area contributed by atoms with Crippen LogP contribution in [-0.4, -0.2) is 43.0 Å². The fraction of sp³-hybridized carbons (Fsp3) is 0.458. The predicted molar refractivity (Wildman–Crippen MR) is 119 cm³/mol. The van der Waals surface area contributed by atoms with Crippen LogP contribution in [-0.2, 0) is 0 Å². The van der Waals surface area contributed by atoms with Gasteiger partial charge >= 0.3 is 0 Å². The lowest BCUT2D eigenvalue weighted by molar-refractivity contribution is 0.0951. The number of carbonyl (C=O) groups excluding carboxylic acids is 1. The highest BCUT2D eigenvalue weighted by molar-refractivity contribution is 7.99. The van der Waals surface area contributed by atoms with E-state index in [1.165, 1.54) is 59.9 Å². The van der Waals surface area contributed by atoms with Crippen molar-refractivity contribution >= 4 is 29.0 Å². The smallest absolute Gasteiger partial charge is 0.251 e. The van der Waals surface area contributed by atoms with Crippen LogP contribution in [0.2, 0.25) is 0 Å². The molecule has 2 heterocycles. The third kappa shape index (κ3) is 4.03. The Morgan fingerprint density at radius 1 is 1.10 bits per heavy atom. The van der Waals surface area contributed by atoms with Gasteiger partial charge in [0.25, 0.3) is 5.91 Å². The van der Waals surface area contributed by atoms with Crippen LogP contribution in [0.15, 0.2) is 52.3 Å². The number of nitrogens with one attached hydrogen (secondary N) is 1. The zero-order valence-corrected chi connectivity index (χ0v) is 17.9. The Morgan fingerprint density at radius 3 is 2.66 bits per heavy atom. The number of hydrogen-bond acceptors (Lipinski definition) is 4. The van der Waals surface area contributed by atoms with Gasteiger partial charge in [-0.05, 0) is 81.9 Å². The van der Waals surface area contributed by atoms with E-state index in [4.69, 9.17) is 0 Å². The van der Waals surface area contributed by atoms with Crippen molar-refractivity contribution < 1.29 is 4.79 Å². The van der Waals surface area contributed by atoms with E-state index in [1.54, 1.807) is 0 Å². The van der Waals surface area contributed by atoms with E-state index in [0.717, 1.165) is 18.7 Å². The second-order valence-corrected chi connectivity index (χ2v) is 9.72. The average Bonchev–Trinajstić information content (AvgIpc) is 3.44. The molecule has 3 aliphatic rings. The number of fused-ring (bicyclic) bond motifs is 2. The molecule has 2 aromatic rings. The summed E-state index contributed by atoms with van der Waals surface area (Å²) in [5.74, 6) is 0.742. The summed E-state index contributed by atoms with van der Waals surface area (Å²) in [6.45, 7) is 6.57. The number of para-hydroxylation sites is 1. The summed E-state index contributed by atoms with van der Waals surface area (Å²) >= 11 is 1.81. The predicted octanol–water partition coefficient (Wildman–Crippen LogP) is 4.91. The van der Waals surface area contributed by atoms with Gasteiger partial charge in [-0.1, -0.05) is 23.9 Å². The monoisotopic (exact) mass is 407 g/mol. The van der Waals surface area contributed by atoms with Crippen molar-refractivity contribution in [3.05, 3.63) is 48.0 Å². The van der Waals surface area contributed by atoms with Crippen LogP contribution in [0.4, 0.5) is 11.4 Å². The SMILES string of the molecule is CC(CN1CCCC1)N1c2ccccc2Sc2ccc(C(=O)NCC3CC3)cc21. The summed E-state index contributed by atoms with van der Waals surface area (Å²) in [7, 11) is 0. The van der Waals surface area contributed by atoms with Gasteiger partial charge in [-0.25, -0.2) is 0 Å². The fourth-order valence-corrected chi connectivity index (χ4v) is 5.53. The van der Waals surface area contributed by atoms with Gasteiger partial charge in [-0.15, -0.1) is 0 Å². The molecule has 1 aliphatic carbocycles. The molecule has 1 unspecified atom stereocenters. The normalized spacial score (nSPS) is 19.6. The molecule has 2 aliphatic heterocycles. The molecule has 1 saturated heterocycles. The molecule has 0 spiro atoms. The summed E-state index contributed by atoms with van der Waals surface area (Å²) in [4.78, 5) is 20.3. The molecule has 2 fully saturated rings. The van der Waals surface area contributed by atoms with Gasteiger partial charge in [0.05, 0.1) is 11.4 Å². The van der Waals surface area contributed by atoms with Crippen molar-refractivity contribution in [2.75, 3.05) is 31.1 Å². The van der Waals surface area contributed by atoms with E-state index in [0.29, 0.717) is 12.0 Å². The first-order valence-electron chi connectivity index (χ1n) is 10.9. The molecule has 1 amide bonds. The van der Waals surface area contributed by atoms with Crippen LogP contribution >= 0.6 is 11.8 Å². The minimum absolute atomic E-state index is 0.0516. The van der Waals surface area contributed by atoms with Crippen LogP contribution in [0.3, 0.4) is 0 Å². The van der Waals surface area contributed by atoms with Crippen LogP contribution in [0.25, 0.3) is 0 Å². The first kappa shape index (κ1) is 19.0. The zero-order chi connectivity index (χ0) is 19.8. The summed E-state index contributed by atoms with van der Waals surface area (Å²) in [5.41, 5.74) is 3.19. The van der Waals surface area contributed by atoms with Crippen LogP contribution in [0.1, 0.15) is 43.0 Å². The number of likely N-dealkylation sites (tertiary alicyclic amines) is 1. The molecule has 29 heavy (non-hydrogen) atoms. The quantitative estimate of drug-likeness (QED) is 0.738. The minimum Gasteiger partial charge on any atom is -0.352 e. The lowest BCUT2D eigenvalue weighted by atomic mass is 10.1. The maximum Gasteiger partial charge on any atom is 0.251 e. The van der Waals surface area contributed by atoms with Crippen molar-refractivity contribution in [2.45, 2.75) is 48.4 Å². The highest BCUT2D eigenvalue weighted by Crippen LogP contribution is 2.49. The number of carbonyl (C=O) groups is 1. The molecule has 5 rings (SSSR count). The Balaban J connectivity index is 1.45. The van der Waals surface area contributed by atoms with E-state index in [1.807, 2.05) is 17.8 Å². The molecule has 1 saturated carbocycles. The molecule has 4 nitrogen and oxygen atoms in total. The highest BCUT2D eigenvalue weighted by Gasteiger charge is 2.29. The highest BCUT2D eigenvalue weighted by atomic mass is 32.2. The van der Waals surface area contributed by atoms with E-state index in [2.05, 4.69) is 58.4 Å². The Hall–Kier alpha value is -1.98. The van der Waals surface area contributed by atoms with Crippen molar-refractivity contribution in [2.24, 2.45) is 5.92 Å². The van der Waals surface area contributed by atoms with Gasteiger partial charge in [0.15, 0.2) is 0 Å². The number of rotatable bonds is 6. The van der Waals surface area contributed by atoms with Gasteiger partial charge < -0.3 is 15.1 Å². The summed E-state index contributed by atoms with van der Waals surface area (Å²) in [5, 5.41) is 3.12. The van der Waals surface area contributed by atoms with Crippen LogP contribution < -0.4 is 10.2 Å². The molecule has 5 heteroatoms.